The molecule has 8 nitrogen and oxygen atoms in total. The van der Waals surface area contributed by atoms with Crippen LogP contribution in [0.15, 0.2) is 34.1 Å². The van der Waals surface area contributed by atoms with Crippen LogP contribution in [0.5, 0.6) is 11.5 Å². The third-order valence-electron chi connectivity index (χ3n) is 8.02. The maximum atomic E-state index is 13.6. The maximum absolute atomic E-state index is 13.6. The fourth-order valence-electron chi connectivity index (χ4n) is 5.51. The Morgan fingerprint density at radius 3 is 1.13 bits per heavy atom. The van der Waals surface area contributed by atoms with Crippen molar-refractivity contribution in [3.05, 3.63) is 52.1 Å². The number of aryl methyl sites for hydroxylation is 4. The van der Waals surface area contributed by atoms with E-state index in [1.54, 1.807) is 27.7 Å². The van der Waals surface area contributed by atoms with E-state index in [-0.39, 0.29) is 9.79 Å². The molecule has 0 radical (unpaired) electrons. The van der Waals surface area contributed by atoms with Crippen LogP contribution < -0.4 is 9.47 Å². The number of hydrogen-bond donors (Lipinski definition) is 0. The van der Waals surface area contributed by atoms with Gasteiger partial charge in [-0.3, -0.25) is 0 Å². The lowest BCUT2D eigenvalue weighted by Gasteiger charge is -2.15. The summed E-state index contributed by atoms with van der Waals surface area (Å²) in [5.41, 5.74) is 12.0. The Bertz CT molecular complexity index is 1360. The lowest BCUT2D eigenvalue weighted by atomic mass is 10.1. The van der Waals surface area contributed by atoms with E-state index in [4.69, 9.17) is 9.47 Å². The molecule has 0 N–H and O–H groups in total. The van der Waals surface area contributed by atoms with Crippen LogP contribution in [0.2, 0.25) is 0 Å². The average Bonchev–Trinajstić information content (AvgIpc) is 2.97. The van der Waals surface area contributed by atoms with Crippen molar-refractivity contribution in [2.24, 2.45) is 0 Å². The van der Waals surface area contributed by atoms with Gasteiger partial charge in [-0.25, -0.2) is 16.8 Å². The third kappa shape index (κ3) is 11.3. The van der Waals surface area contributed by atoms with Crippen LogP contribution in [0.4, 0.5) is 0 Å². The van der Waals surface area contributed by atoms with Gasteiger partial charge >= 0.3 is 4.38 Å². The molecule has 0 fully saturated rings. The van der Waals surface area contributed by atoms with Gasteiger partial charge in [0.2, 0.25) is 0 Å². The van der Waals surface area contributed by atoms with Crippen LogP contribution in [-0.4, -0.2) is 39.2 Å². The molecule has 2 aromatic carbocycles. The summed E-state index contributed by atoms with van der Waals surface area (Å²) in [4.78, 5) is 2.26. The summed E-state index contributed by atoms with van der Waals surface area (Å²) >= 11 is 0. The van der Waals surface area contributed by atoms with E-state index in [0.29, 0.717) is 47.0 Å². The summed E-state index contributed by atoms with van der Waals surface area (Å²) < 4.78 is 65.0. The van der Waals surface area contributed by atoms with Crippen molar-refractivity contribution in [1.82, 2.24) is 0 Å². The van der Waals surface area contributed by atoms with Crippen LogP contribution >= 0.6 is 0 Å². The molecule has 0 saturated heterocycles. The van der Waals surface area contributed by atoms with Gasteiger partial charge in [0.15, 0.2) is 0 Å². The number of hydrogen-bond acceptors (Lipinski definition) is 6. The topological polar surface area (TPSA) is 123 Å². The van der Waals surface area contributed by atoms with E-state index >= 15 is 0 Å². The van der Waals surface area contributed by atoms with Crippen molar-refractivity contribution in [2.45, 2.75) is 141 Å². The van der Waals surface area contributed by atoms with Crippen LogP contribution in [0.1, 0.15) is 126 Å². The molecule has 2 rings (SSSR count). The molecule has 0 aliphatic heterocycles. The highest BCUT2D eigenvalue weighted by Crippen LogP contribution is 2.32. The standard InChI is InChI=1S/C35H54N2O6S2/c1-7-9-11-13-15-17-19-21-42-33-27(3)23-31(24-28(33)4)44(38,39)35(37-36)45(40,41)32-25-29(5)34(30(6)26-32)43-22-20-18-16-14-12-10-8-2/h23-26H,7-22H2,1-6H3. The third-order valence-corrected chi connectivity index (χ3v) is 12.1. The Balaban J connectivity index is 2.15. The minimum atomic E-state index is -4.70. The Labute approximate surface area is 272 Å². The lowest BCUT2D eigenvalue weighted by molar-refractivity contribution is 0.00380. The number of benzene rings is 2. The Morgan fingerprint density at radius 2 is 0.844 bits per heavy atom. The number of rotatable bonds is 20. The van der Waals surface area contributed by atoms with E-state index in [0.717, 1.165) is 38.5 Å². The quantitative estimate of drug-likeness (QED) is 0.0458. The van der Waals surface area contributed by atoms with Crippen LogP contribution in [0.25, 0.3) is 5.53 Å². The highest BCUT2D eigenvalue weighted by atomic mass is 32.3. The molecule has 0 aliphatic rings. The maximum Gasteiger partial charge on any atom is 0.504 e. The molecular weight excluding hydrogens is 609 g/mol. The summed E-state index contributed by atoms with van der Waals surface area (Å²) in [6.07, 6.45) is 16.1. The lowest BCUT2D eigenvalue weighted by Crippen LogP contribution is -2.26. The number of nitrogens with zero attached hydrogens (tertiary/aromatic N) is 2. The van der Waals surface area contributed by atoms with Gasteiger partial charge in [0, 0.05) is 0 Å². The van der Waals surface area contributed by atoms with E-state index in [1.807, 2.05) is 0 Å². The second kappa shape index (κ2) is 19.1. The van der Waals surface area contributed by atoms with Crippen molar-refractivity contribution in [3.8, 4) is 11.5 Å². The monoisotopic (exact) mass is 662 g/mol. The van der Waals surface area contributed by atoms with Gasteiger partial charge in [-0.15, -0.1) is 4.79 Å². The first-order valence-electron chi connectivity index (χ1n) is 16.6. The number of unbranched alkanes of at least 4 members (excludes halogenated alkanes) is 12. The molecule has 0 amide bonds. The molecule has 10 heteroatoms. The Kier molecular flexibility index (Phi) is 16.3. The molecule has 0 aromatic heterocycles. The van der Waals surface area contributed by atoms with Crippen molar-refractivity contribution in [3.63, 3.8) is 0 Å². The minimum Gasteiger partial charge on any atom is -0.493 e. The molecule has 45 heavy (non-hydrogen) atoms. The molecule has 0 aliphatic carbocycles. The van der Waals surface area contributed by atoms with Gasteiger partial charge in [0.05, 0.1) is 23.0 Å². The Hall–Kier alpha value is -2.68. The molecule has 0 heterocycles. The fraction of sp³-hybridized carbons (Fsp3) is 0.629. The fourth-order valence-corrected chi connectivity index (χ4v) is 9.19. The second-order valence-electron chi connectivity index (χ2n) is 12.1. The molecule has 0 unspecified atom stereocenters. The molecule has 0 spiro atoms. The van der Waals surface area contributed by atoms with Gasteiger partial charge < -0.3 is 15.0 Å². The predicted octanol–water partition coefficient (Wildman–Crippen LogP) is 9.01. The average molecular weight is 663 g/mol. The highest BCUT2D eigenvalue weighted by molar-refractivity contribution is 8.31. The molecule has 0 saturated carbocycles. The van der Waals surface area contributed by atoms with Gasteiger partial charge in [-0.1, -0.05) is 90.9 Å². The zero-order valence-corrected chi connectivity index (χ0v) is 29.9. The number of sulfone groups is 2. The molecular formula is C35H54N2O6S2. The summed E-state index contributed by atoms with van der Waals surface area (Å²) in [5, 5.41) is 0. The first kappa shape index (κ1) is 38.5. The van der Waals surface area contributed by atoms with Crippen LogP contribution in [-0.2, 0) is 19.7 Å². The van der Waals surface area contributed by atoms with Crippen molar-refractivity contribution in [2.75, 3.05) is 13.2 Å². The van der Waals surface area contributed by atoms with Crippen molar-refractivity contribution < 1.29 is 31.1 Å². The van der Waals surface area contributed by atoms with Gasteiger partial charge in [-0.05, 0) is 87.1 Å². The van der Waals surface area contributed by atoms with E-state index in [1.165, 1.54) is 75.6 Å². The van der Waals surface area contributed by atoms with Crippen molar-refractivity contribution in [1.29, 1.82) is 0 Å². The first-order valence-corrected chi connectivity index (χ1v) is 19.6. The van der Waals surface area contributed by atoms with Crippen LogP contribution in [0, 0.1) is 27.7 Å². The number of ether oxygens (including phenoxy) is 2. The SMILES string of the molecule is CCCCCCCCCOc1c(C)cc(S(=O)(=O)C(=[N+]=[N-])S(=O)(=O)c2cc(C)c(OCCCCCCCCC)c(C)c2)cc1C. The molecule has 0 bridgehead atoms. The summed E-state index contributed by atoms with van der Waals surface area (Å²) in [6.45, 7) is 12.3. The largest absolute Gasteiger partial charge is 0.504 e. The minimum absolute atomic E-state index is 0.278. The molecule has 252 valence electrons. The van der Waals surface area contributed by atoms with Gasteiger partial charge in [-0.2, -0.15) is 0 Å². The zero-order chi connectivity index (χ0) is 33.5. The van der Waals surface area contributed by atoms with Crippen molar-refractivity contribution >= 4 is 24.1 Å². The van der Waals surface area contributed by atoms with Gasteiger partial charge in [0.1, 0.15) is 11.5 Å². The summed E-state index contributed by atoms with van der Waals surface area (Å²) in [7, 11) is -9.40. The highest BCUT2D eigenvalue weighted by Gasteiger charge is 2.44. The first-order chi connectivity index (χ1) is 21.4. The van der Waals surface area contributed by atoms with E-state index in [2.05, 4.69) is 18.6 Å². The summed E-state index contributed by atoms with van der Waals surface area (Å²) in [5.74, 6) is 1.15. The Morgan fingerprint density at radius 1 is 0.556 bits per heavy atom. The summed E-state index contributed by atoms with van der Waals surface area (Å²) in [6, 6.07) is 5.45. The second-order valence-corrected chi connectivity index (χ2v) is 16.1. The molecule has 0 atom stereocenters. The van der Waals surface area contributed by atoms with Crippen LogP contribution in [0.3, 0.4) is 0 Å². The van der Waals surface area contributed by atoms with E-state index < -0.39 is 24.1 Å². The van der Waals surface area contributed by atoms with E-state index in [9.17, 15) is 22.4 Å². The predicted molar refractivity (Wildman–Crippen MR) is 182 cm³/mol. The zero-order valence-electron chi connectivity index (χ0n) is 28.3. The van der Waals surface area contributed by atoms with Gasteiger partial charge in [0.25, 0.3) is 19.7 Å². The molecule has 2 aromatic rings. The smallest absolute Gasteiger partial charge is 0.493 e. The normalized spacial score (nSPS) is 11.8.